The Bertz CT molecular complexity index is 1360. The molecule has 2 rings (SSSR count). The highest BCUT2D eigenvalue weighted by atomic mass is 79.9. The van der Waals surface area contributed by atoms with Gasteiger partial charge in [0.25, 0.3) is 11.8 Å². The lowest BCUT2D eigenvalue weighted by Gasteiger charge is -2.19. The zero-order valence-electron chi connectivity index (χ0n) is 26.7. The van der Waals surface area contributed by atoms with Gasteiger partial charge in [0.05, 0.1) is 25.0 Å². The second-order valence-electron chi connectivity index (χ2n) is 11.0. The molecule has 0 saturated carbocycles. The first-order valence-electron chi connectivity index (χ1n) is 14.9. The van der Waals surface area contributed by atoms with Crippen molar-refractivity contribution in [1.29, 1.82) is 0 Å². The molecule has 2 aromatic carbocycles. The van der Waals surface area contributed by atoms with Gasteiger partial charge >= 0.3 is 0 Å². The number of phenolic OH excluding ortho intramolecular Hbond substituents is 1. The summed E-state index contributed by atoms with van der Waals surface area (Å²) in [6.07, 6.45) is 3.85. The van der Waals surface area contributed by atoms with E-state index in [9.17, 15) is 25.1 Å². The smallest absolute Gasteiger partial charge is 0.269 e. The van der Waals surface area contributed by atoms with Crippen molar-refractivity contribution >= 4 is 87.0 Å². The van der Waals surface area contributed by atoms with Crippen LogP contribution in [0.2, 0.25) is 0 Å². The second-order valence-corrected chi connectivity index (χ2v) is 14.4. The lowest BCUT2D eigenvalue weighted by atomic mass is 10.1. The maximum Gasteiger partial charge on any atom is 0.269 e. The minimum Gasteiger partial charge on any atom is -0.506 e. The Hall–Kier alpha value is -2.24. The molecule has 0 aliphatic rings. The Morgan fingerprint density at radius 3 is 1.43 bits per heavy atom. The molecular weight excluding hydrogens is 872 g/mol. The van der Waals surface area contributed by atoms with Crippen molar-refractivity contribution in [3.63, 3.8) is 0 Å². The molecule has 0 spiro atoms. The number of rotatable bonds is 20. The Balaban J connectivity index is 1.57. The summed E-state index contributed by atoms with van der Waals surface area (Å²) in [4.78, 5) is 29.5. The van der Waals surface area contributed by atoms with Crippen LogP contribution in [0.5, 0.6) is 11.5 Å². The van der Waals surface area contributed by atoms with Gasteiger partial charge in [0.2, 0.25) is 0 Å². The van der Waals surface area contributed by atoms with Crippen molar-refractivity contribution in [3.8, 4) is 11.5 Å². The van der Waals surface area contributed by atoms with E-state index < -0.39 is 11.8 Å². The zero-order valence-corrected chi connectivity index (χ0v) is 33.0. The Kier molecular flexibility index (Phi) is 18.9. The molecule has 0 saturated heterocycles. The predicted molar refractivity (Wildman–Crippen MR) is 197 cm³/mol. The molecule has 0 fully saturated rings. The first-order valence-corrected chi connectivity index (χ1v) is 18.1. The summed E-state index contributed by atoms with van der Waals surface area (Å²) in [5.74, 6) is -0.134. The van der Waals surface area contributed by atoms with Gasteiger partial charge < -0.3 is 40.7 Å². The van der Waals surface area contributed by atoms with Crippen LogP contribution in [0.15, 0.2) is 52.5 Å². The summed E-state index contributed by atoms with van der Waals surface area (Å²) in [5.41, 5.74) is 1.51. The third kappa shape index (κ3) is 14.4. The fourth-order valence-electron chi connectivity index (χ4n) is 4.63. The van der Waals surface area contributed by atoms with Crippen LogP contribution in [-0.2, 0) is 22.4 Å². The number of nitrogens with one attached hydrogen (secondary N) is 2. The molecule has 2 amide bonds. The van der Waals surface area contributed by atoms with Gasteiger partial charge in [-0.05, 0) is 165 Å². The number of halogens is 4. The molecule has 0 bridgehead atoms. The van der Waals surface area contributed by atoms with E-state index in [4.69, 9.17) is 4.74 Å². The van der Waals surface area contributed by atoms with Crippen LogP contribution in [0.3, 0.4) is 0 Å². The van der Waals surface area contributed by atoms with E-state index in [1.54, 1.807) is 19.2 Å². The summed E-state index contributed by atoms with van der Waals surface area (Å²) >= 11 is 13.4. The number of carbonyl (C=O) groups is 2. The third-order valence-corrected chi connectivity index (χ3v) is 9.57. The normalized spacial score (nSPS) is 12.1. The topological polar surface area (TPSA) is 159 Å². The minimum absolute atomic E-state index is 0.00936. The van der Waals surface area contributed by atoms with Crippen LogP contribution < -0.4 is 15.4 Å². The van der Waals surface area contributed by atoms with Crippen LogP contribution in [0.25, 0.3) is 0 Å². The van der Waals surface area contributed by atoms with Crippen molar-refractivity contribution in [2.24, 2.45) is 10.3 Å². The van der Waals surface area contributed by atoms with E-state index in [1.165, 1.54) is 0 Å². The number of carbonyl (C=O) groups excluding carboxylic acids is 2. The highest BCUT2D eigenvalue weighted by Gasteiger charge is 2.17. The molecule has 0 aromatic heterocycles. The van der Waals surface area contributed by atoms with E-state index >= 15 is 0 Å². The molecule has 47 heavy (non-hydrogen) atoms. The lowest BCUT2D eigenvalue weighted by molar-refractivity contribution is -0.115. The molecular formula is C31H42Br4N6O6. The third-order valence-electron chi connectivity index (χ3n) is 7.18. The quantitative estimate of drug-likeness (QED) is 0.0501. The fourth-order valence-corrected chi connectivity index (χ4v) is 7.52. The molecule has 0 aliphatic carbocycles. The number of hydrogen-bond acceptors (Lipinski definition) is 10. The fraction of sp³-hybridized carbons (Fsp3) is 0.484. The van der Waals surface area contributed by atoms with E-state index in [0.29, 0.717) is 33.3 Å². The van der Waals surface area contributed by atoms with Crippen LogP contribution >= 0.6 is 63.7 Å². The molecule has 5 N–H and O–H groups in total. The zero-order chi connectivity index (χ0) is 34.9. The molecule has 0 atom stereocenters. The van der Waals surface area contributed by atoms with Crippen LogP contribution in [-0.4, -0.2) is 109 Å². The highest BCUT2D eigenvalue weighted by Crippen LogP contribution is 2.35. The van der Waals surface area contributed by atoms with E-state index in [2.05, 4.69) is 102 Å². The number of phenols is 1. The Labute approximate surface area is 309 Å². The van der Waals surface area contributed by atoms with Crippen molar-refractivity contribution < 1.29 is 29.8 Å². The SMILES string of the molecule is COc1c(Br)cc(CC(=NO)C(=O)NCCCN(C)CCCCN(C)CCCNC(=O)C(Cc2cc(Br)c(O)c(Br)c2)=NO)cc1Br. The first kappa shape index (κ1) is 40.9. The number of methoxy groups -OCH3 is 1. The molecule has 16 heteroatoms. The minimum atomic E-state index is -0.435. The van der Waals surface area contributed by atoms with Crippen molar-refractivity contribution in [1.82, 2.24) is 20.4 Å². The number of hydrogen-bond donors (Lipinski definition) is 5. The van der Waals surface area contributed by atoms with Gasteiger partial charge in [-0.25, -0.2) is 0 Å². The molecule has 2 aromatic rings. The second kappa shape index (κ2) is 21.7. The van der Waals surface area contributed by atoms with Gasteiger partial charge in [0.15, 0.2) is 0 Å². The number of nitrogens with zero attached hydrogens (tertiary/aromatic N) is 4. The van der Waals surface area contributed by atoms with Gasteiger partial charge in [0.1, 0.15) is 22.9 Å². The van der Waals surface area contributed by atoms with Gasteiger partial charge in [-0.2, -0.15) is 0 Å². The number of ether oxygens (including phenoxy) is 1. The maximum absolute atomic E-state index is 12.5. The molecule has 260 valence electrons. The van der Waals surface area contributed by atoms with Crippen molar-refractivity contribution in [2.45, 2.75) is 38.5 Å². The average molecular weight is 914 g/mol. The van der Waals surface area contributed by atoms with Crippen LogP contribution in [0.1, 0.15) is 36.8 Å². The average Bonchev–Trinajstić information content (AvgIpc) is 3.03. The standard InChI is InChI=1S/C31H42Br4N6O6/c1-40(12-6-8-36-30(43)26(38-45)18-20-14-22(32)28(42)23(33)15-20)10-4-5-11-41(2)13-7-9-37-31(44)27(39-46)19-21-16-24(34)29(47-3)25(35)17-21/h14-17,42,45-46H,4-13,18-19H2,1-3H3,(H,36,43)(H,37,44). The number of unbranched alkanes of at least 4 members (excludes halogenated alkanes) is 1. The number of amides is 2. The van der Waals surface area contributed by atoms with E-state index in [0.717, 1.165) is 66.4 Å². The summed E-state index contributed by atoms with van der Waals surface area (Å²) in [5, 5.41) is 40.6. The Morgan fingerprint density at radius 1 is 0.702 bits per heavy atom. The maximum atomic E-state index is 12.5. The summed E-state index contributed by atoms with van der Waals surface area (Å²) < 4.78 is 7.72. The summed E-state index contributed by atoms with van der Waals surface area (Å²) in [6, 6.07) is 6.98. The summed E-state index contributed by atoms with van der Waals surface area (Å²) in [6.45, 7) is 4.41. The van der Waals surface area contributed by atoms with Crippen molar-refractivity contribution in [2.75, 3.05) is 60.5 Å². The van der Waals surface area contributed by atoms with Crippen LogP contribution in [0, 0.1) is 0 Å². The van der Waals surface area contributed by atoms with Gasteiger partial charge in [0, 0.05) is 25.9 Å². The monoisotopic (exact) mass is 910 g/mol. The van der Waals surface area contributed by atoms with E-state index in [-0.39, 0.29) is 30.0 Å². The molecule has 12 nitrogen and oxygen atoms in total. The van der Waals surface area contributed by atoms with E-state index in [1.807, 2.05) is 19.2 Å². The lowest BCUT2D eigenvalue weighted by Crippen LogP contribution is -2.35. The predicted octanol–water partition coefficient (Wildman–Crippen LogP) is 5.55. The van der Waals surface area contributed by atoms with Crippen LogP contribution in [0.4, 0.5) is 0 Å². The van der Waals surface area contributed by atoms with Gasteiger partial charge in [-0.15, -0.1) is 0 Å². The molecule has 0 heterocycles. The van der Waals surface area contributed by atoms with Crippen molar-refractivity contribution in [3.05, 3.63) is 53.3 Å². The van der Waals surface area contributed by atoms with Gasteiger partial charge in [-0.3, -0.25) is 9.59 Å². The molecule has 0 unspecified atom stereocenters. The number of oxime groups is 2. The molecule has 0 radical (unpaired) electrons. The Morgan fingerprint density at radius 2 is 1.06 bits per heavy atom. The summed E-state index contributed by atoms with van der Waals surface area (Å²) in [7, 11) is 5.67. The van der Waals surface area contributed by atoms with Gasteiger partial charge in [-0.1, -0.05) is 10.3 Å². The first-order chi connectivity index (χ1) is 22.4. The largest absolute Gasteiger partial charge is 0.506 e. The number of aromatic hydroxyl groups is 1. The molecule has 0 aliphatic heterocycles. The highest BCUT2D eigenvalue weighted by molar-refractivity contribution is 9.11. The number of benzene rings is 2.